The van der Waals surface area contributed by atoms with Gasteiger partial charge in [-0.2, -0.15) is 5.10 Å². The van der Waals surface area contributed by atoms with Crippen LogP contribution in [0.15, 0.2) is 53.6 Å². The molecule has 0 aliphatic rings. The van der Waals surface area contributed by atoms with Crippen LogP contribution in [0.5, 0.6) is 11.5 Å². The van der Waals surface area contributed by atoms with Gasteiger partial charge in [0.25, 0.3) is 5.91 Å². The second kappa shape index (κ2) is 9.96. The van der Waals surface area contributed by atoms with Gasteiger partial charge in [0.05, 0.1) is 19.4 Å². The van der Waals surface area contributed by atoms with Crippen LogP contribution in [-0.2, 0) is 9.53 Å². The Bertz CT molecular complexity index is 783. The second-order valence-electron chi connectivity index (χ2n) is 5.82. The number of hydrogen-bond acceptors (Lipinski definition) is 6. The predicted octanol–water partition coefficient (Wildman–Crippen LogP) is 2.79. The van der Waals surface area contributed by atoms with Crippen molar-refractivity contribution in [3.8, 4) is 11.5 Å². The Morgan fingerprint density at radius 3 is 2.26 bits per heavy atom. The molecule has 0 saturated heterocycles. The number of amides is 1. The van der Waals surface area contributed by atoms with Crippen LogP contribution < -0.4 is 14.9 Å². The third kappa shape index (κ3) is 6.81. The van der Waals surface area contributed by atoms with Gasteiger partial charge in [-0.15, -0.1) is 0 Å². The van der Waals surface area contributed by atoms with Crippen LogP contribution in [0.2, 0.25) is 0 Å². The van der Waals surface area contributed by atoms with E-state index in [9.17, 15) is 9.59 Å². The molecule has 7 nitrogen and oxygen atoms in total. The summed E-state index contributed by atoms with van der Waals surface area (Å²) in [6.07, 6.45) is 1.34. The number of hydrogen-bond donors (Lipinski definition) is 1. The number of ether oxygens (including phenoxy) is 3. The molecule has 0 radical (unpaired) electrons. The maximum Gasteiger partial charge on any atom is 0.344 e. The van der Waals surface area contributed by atoms with Gasteiger partial charge >= 0.3 is 5.97 Å². The van der Waals surface area contributed by atoms with E-state index in [-0.39, 0.29) is 18.6 Å². The SMILES string of the molecule is COc1ccc(C(=O)N/N=C\c2ccc(OCC(=O)OC(C)C)cc2)cc1. The summed E-state index contributed by atoms with van der Waals surface area (Å²) in [4.78, 5) is 23.4. The van der Waals surface area contributed by atoms with Gasteiger partial charge in [0.2, 0.25) is 0 Å². The highest BCUT2D eigenvalue weighted by molar-refractivity contribution is 5.95. The monoisotopic (exact) mass is 370 g/mol. The Labute approximate surface area is 157 Å². The summed E-state index contributed by atoms with van der Waals surface area (Å²) in [7, 11) is 1.56. The lowest BCUT2D eigenvalue weighted by molar-refractivity contribution is -0.149. The molecule has 0 heterocycles. The highest BCUT2D eigenvalue weighted by Gasteiger charge is 2.06. The molecule has 0 fully saturated rings. The van der Waals surface area contributed by atoms with E-state index in [2.05, 4.69) is 10.5 Å². The Morgan fingerprint density at radius 1 is 1.04 bits per heavy atom. The molecule has 2 aromatic carbocycles. The molecule has 1 amide bonds. The van der Waals surface area contributed by atoms with Gasteiger partial charge in [0.15, 0.2) is 6.61 Å². The third-order valence-electron chi connectivity index (χ3n) is 3.34. The summed E-state index contributed by atoms with van der Waals surface area (Å²) < 4.78 is 15.4. The van der Waals surface area contributed by atoms with Crippen LogP contribution in [-0.4, -0.2) is 37.9 Å². The van der Waals surface area contributed by atoms with Gasteiger partial charge in [0, 0.05) is 5.56 Å². The van der Waals surface area contributed by atoms with Gasteiger partial charge < -0.3 is 14.2 Å². The van der Waals surface area contributed by atoms with Crippen LogP contribution in [0.25, 0.3) is 0 Å². The topological polar surface area (TPSA) is 86.2 Å². The molecule has 0 aliphatic carbocycles. The van der Waals surface area contributed by atoms with Crippen molar-refractivity contribution in [3.63, 3.8) is 0 Å². The number of hydrazone groups is 1. The predicted molar refractivity (Wildman–Crippen MR) is 101 cm³/mol. The van der Waals surface area contributed by atoms with E-state index in [4.69, 9.17) is 14.2 Å². The molecule has 0 aliphatic heterocycles. The zero-order valence-electron chi connectivity index (χ0n) is 15.5. The number of esters is 1. The Balaban J connectivity index is 1.82. The normalized spacial score (nSPS) is 10.7. The van der Waals surface area contributed by atoms with Crippen molar-refractivity contribution in [1.29, 1.82) is 0 Å². The molecule has 0 atom stereocenters. The molecule has 7 heteroatoms. The van der Waals surface area contributed by atoms with Gasteiger partial charge in [-0.05, 0) is 67.9 Å². The van der Waals surface area contributed by atoms with Gasteiger partial charge in [0.1, 0.15) is 11.5 Å². The fourth-order valence-corrected chi connectivity index (χ4v) is 2.06. The van der Waals surface area contributed by atoms with E-state index >= 15 is 0 Å². The zero-order valence-corrected chi connectivity index (χ0v) is 15.5. The number of nitrogens with one attached hydrogen (secondary N) is 1. The lowest BCUT2D eigenvalue weighted by atomic mass is 10.2. The molecule has 0 bridgehead atoms. The summed E-state index contributed by atoms with van der Waals surface area (Å²) in [5, 5.41) is 3.93. The minimum Gasteiger partial charge on any atom is -0.497 e. The van der Waals surface area contributed by atoms with Crippen molar-refractivity contribution in [1.82, 2.24) is 5.43 Å². The highest BCUT2D eigenvalue weighted by Crippen LogP contribution is 2.12. The maximum absolute atomic E-state index is 12.0. The molecular weight excluding hydrogens is 348 g/mol. The quantitative estimate of drug-likeness (QED) is 0.439. The van der Waals surface area contributed by atoms with E-state index in [1.807, 2.05) is 0 Å². The maximum atomic E-state index is 12.0. The van der Waals surface area contributed by atoms with Crippen molar-refractivity contribution in [2.24, 2.45) is 5.10 Å². The third-order valence-corrected chi connectivity index (χ3v) is 3.34. The number of methoxy groups -OCH3 is 1. The molecule has 0 unspecified atom stereocenters. The Morgan fingerprint density at radius 2 is 1.67 bits per heavy atom. The van der Waals surface area contributed by atoms with Crippen molar-refractivity contribution in [2.75, 3.05) is 13.7 Å². The summed E-state index contributed by atoms with van der Waals surface area (Å²) in [5.74, 6) is 0.472. The lowest BCUT2D eigenvalue weighted by Crippen LogP contribution is -2.18. The summed E-state index contributed by atoms with van der Waals surface area (Å²) in [6, 6.07) is 13.6. The van der Waals surface area contributed by atoms with Crippen molar-refractivity contribution in [2.45, 2.75) is 20.0 Å². The van der Waals surface area contributed by atoms with Crippen LogP contribution in [0.1, 0.15) is 29.8 Å². The first-order valence-corrected chi connectivity index (χ1v) is 8.37. The molecule has 1 N–H and O–H groups in total. The average molecular weight is 370 g/mol. The largest absolute Gasteiger partial charge is 0.497 e. The number of carbonyl (C=O) groups excluding carboxylic acids is 2. The van der Waals surface area contributed by atoms with E-state index in [1.165, 1.54) is 6.21 Å². The summed E-state index contributed by atoms with van der Waals surface area (Å²) in [6.45, 7) is 3.41. The Kier molecular flexibility index (Phi) is 7.37. The van der Waals surface area contributed by atoms with Crippen molar-refractivity contribution in [3.05, 3.63) is 59.7 Å². The van der Waals surface area contributed by atoms with E-state index in [0.717, 1.165) is 5.56 Å². The standard InChI is InChI=1S/C20H22N2O5/c1-14(2)27-19(23)13-26-18-8-4-15(5-9-18)12-21-22-20(24)16-6-10-17(25-3)11-7-16/h4-12,14H,13H2,1-3H3,(H,22,24)/b21-12-. The zero-order chi connectivity index (χ0) is 19.6. The molecule has 2 rings (SSSR count). The molecule has 0 aromatic heterocycles. The second-order valence-corrected chi connectivity index (χ2v) is 5.82. The van der Waals surface area contributed by atoms with E-state index in [1.54, 1.807) is 69.5 Å². The number of carbonyl (C=O) groups is 2. The van der Waals surface area contributed by atoms with Crippen LogP contribution in [0.3, 0.4) is 0 Å². The highest BCUT2D eigenvalue weighted by atomic mass is 16.6. The van der Waals surface area contributed by atoms with Crippen molar-refractivity contribution < 1.29 is 23.8 Å². The fourth-order valence-electron chi connectivity index (χ4n) is 2.06. The van der Waals surface area contributed by atoms with E-state index < -0.39 is 5.97 Å². The number of rotatable bonds is 8. The number of benzene rings is 2. The van der Waals surface area contributed by atoms with Gasteiger partial charge in [-0.3, -0.25) is 4.79 Å². The molecular formula is C20H22N2O5. The molecule has 0 saturated carbocycles. The first kappa shape index (κ1) is 20.0. The van der Waals surface area contributed by atoms with Crippen molar-refractivity contribution >= 4 is 18.1 Å². The lowest BCUT2D eigenvalue weighted by Gasteiger charge is -2.09. The minimum absolute atomic E-state index is 0.149. The Hall–Kier alpha value is -3.35. The molecule has 0 spiro atoms. The van der Waals surface area contributed by atoms with Gasteiger partial charge in [-0.1, -0.05) is 0 Å². The summed E-state index contributed by atoms with van der Waals surface area (Å²) >= 11 is 0. The van der Waals surface area contributed by atoms with E-state index in [0.29, 0.717) is 17.1 Å². The molecule has 27 heavy (non-hydrogen) atoms. The molecule has 2 aromatic rings. The smallest absolute Gasteiger partial charge is 0.344 e. The van der Waals surface area contributed by atoms with Crippen LogP contribution >= 0.6 is 0 Å². The van der Waals surface area contributed by atoms with Gasteiger partial charge in [-0.25, -0.2) is 10.2 Å². The summed E-state index contributed by atoms with van der Waals surface area (Å²) in [5.41, 5.74) is 3.70. The van der Waals surface area contributed by atoms with Crippen LogP contribution in [0.4, 0.5) is 0 Å². The number of nitrogens with zero attached hydrogens (tertiary/aromatic N) is 1. The van der Waals surface area contributed by atoms with Crippen LogP contribution in [0, 0.1) is 0 Å². The molecule has 142 valence electrons. The fraction of sp³-hybridized carbons (Fsp3) is 0.250. The first-order valence-electron chi connectivity index (χ1n) is 8.37. The average Bonchev–Trinajstić information content (AvgIpc) is 2.67. The first-order chi connectivity index (χ1) is 13.0. The minimum atomic E-state index is -0.420.